The average Bonchev–Trinajstić information content (AvgIpc) is 2.80. The number of nitrogens with zero attached hydrogens (tertiary/aromatic N) is 1. The Morgan fingerprint density at radius 2 is 1.00 bits per heavy atom. The van der Waals surface area contributed by atoms with E-state index in [2.05, 4.69) is 84.6 Å². The van der Waals surface area contributed by atoms with Gasteiger partial charge in [-0.2, -0.15) is 0 Å². The Bertz CT molecular complexity index is 620. The van der Waals surface area contributed by atoms with Crippen LogP contribution in [0.2, 0.25) is 0 Å². The quantitative estimate of drug-likeness (QED) is 0.172. The Labute approximate surface area is 192 Å². The van der Waals surface area contributed by atoms with Crippen LogP contribution in [0.4, 0.5) is 0 Å². The molecule has 2 rings (SSSR count). The van der Waals surface area contributed by atoms with Crippen molar-refractivity contribution in [3.63, 3.8) is 0 Å². The second-order valence-electron chi connectivity index (χ2n) is 8.91. The number of unbranched alkanes of at least 4 members (excludes halogenated alkanes) is 10. The minimum atomic E-state index is 1.04. The molecule has 170 valence electrons. The Hall–Kier alpha value is -1.86. The third-order valence-electron chi connectivity index (χ3n) is 5.98. The molecule has 0 saturated carbocycles. The van der Waals surface area contributed by atoms with E-state index in [0.717, 1.165) is 13.1 Å². The normalized spacial score (nSPS) is 11.5. The van der Waals surface area contributed by atoms with Gasteiger partial charge < -0.3 is 0 Å². The lowest BCUT2D eigenvalue weighted by Crippen LogP contribution is -2.24. The molecular formula is C30H45N. The Kier molecular flexibility index (Phi) is 14.6. The second kappa shape index (κ2) is 17.8. The monoisotopic (exact) mass is 419 g/mol. The molecule has 2 aromatic rings. The molecule has 1 heteroatoms. The lowest BCUT2D eigenvalue weighted by molar-refractivity contribution is 0.250. The van der Waals surface area contributed by atoms with Crippen LogP contribution in [0.25, 0.3) is 0 Å². The second-order valence-corrected chi connectivity index (χ2v) is 8.91. The highest BCUT2D eigenvalue weighted by atomic mass is 15.1. The van der Waals surface area contributed by atoms with Crippen molar-refractivity contribution in [2.75, 3.05) is 6.54 Å². The van der Waals surface area contributed by atoms with Gasteiger partial charge in [-0.05, 0) is 49.8 Å². The average molecular weight is 420 g/mol. The minimum Gasteiger partial charge on any atom is -0.295 e. The van der Waals surface area contributed by atoms with Crippen LogP contribution in [0.1, 0.15) is 95.1 Å². The maximum atomic E-state index is 2.61. The predicted molar refractivity (Wildman–Crippen MR) is 137 cm³/mol. The fourth-order valence-corrected chi connectivity index (χ4v) is 4.13. The summed E-state index contributed by atoms with van der Waals surface area (Å²) in [4.78, 5) is 2.61. The zero-order valence-corrected chi connectivity index (χ0v) is 20.0. The van der Waals surface area contributed by atoms with Gasteiger partial charge in [-0.3, -0.25) is 4.90 Å². The molecule has 0 unspecified atom stereocenters. The van der Waals surface area contributed by atoms with E-state index in [9.17, 15) is 0 Å². The predicted octanol–water partition coefficient (Wildman–Crippen LogP) is 8.95. The maximum absolute atomic E-state index is 2.61. The molecule has 0 radical (unpaired) electrons. The molecule has 0 aliphatic heterocycles. The summed E-state index contributed by atoms with van der Waals surface area (Å²) in [6.07, 6.45) is 21.0. The van der Waals surface area contributed by atoms with Crippen molar-refractivity contribution in [1.82, 2.24) is 4.90 Å². The van der Waals surface area contributed by atoms with E-state index in [1.54, 1.807) is 0 Å². The van der Waals surface area contributed by atoms with Crippen molar-refractivity contribution in [2.45, 2.75) is 97.1 Å². The molecule has 0 aromatic heterocycles. The van der Waals surface area contributed by atoms with Gasteiger partial charge in [-0.25, -0.2) is 0 Å². The van der Waals surface area contributed by atoms with E-state index in [1.165, 1.54) is 94.7 Å². The largest absolute Gasteiger partial charge is 0.295 e. The van der Waals surface area contributed by atoms with Gasteiger partial charge in [0.2, 0.25) is 0 Å². The lowest BCUT2D eigenvalue weighted by Gasteiger charge is -2.22. The molecule has 0 atom stereocenters. The smallest absolute Gasteiger partial charge is 0.0237 e. The molecule has 2 aromatic carbocycles. The summed E-state index contributed by atoms with van der Waals surface area (Å²) >= 11 is 0. The fourth-order valence-electron chi connectivity index (χ4n) is 4.13. The van der Waals surface area contributed by atoms with Crippen LogP contribution in [0.3, 0.4) is 0 Å². The van der Waals surface area contributed by atoms with Crippen LogP contribution in [0.15, 0.2) is 72.8 Å². The number of hydrogen-bond acceptors (Lipinski definition) is 1. The standard InChI is InChI=1S/C30H45N/c1-2-3-4-5-6-7-8-9-10-11-12-13-14-21-26-31(27-29-22-17-15-18-23-29)28-30-24-19-16-20-25-30/h6-7,15-20,22-25H,2-5,8-14,21,26-28H2,1H3/b7-6+. The summed E-state index contributed by atoms with van der Waals surface area (Å²) < 4.78 is 0. The Morgan fingerprint density at radius 1 is 0.548 bits per heavy atom. The van der Waals surface area contributed by atoms with E-state index in [0.29, 0.717) is 0 Å². The molecule has 0 bridgehead atoms. The third kappa shape index (κ3) is 13.2. The topological polar surface area (TPSA) is 3.24 Å². The first-order chi connectivity index (χ1) is 15.4. The molecule has 0 spiro atoms. The molecule has 0 saturated heterocycles. The summed E-state index contributed by atoms with van der Waals surface area (Å²) in [7, 11) is 0. The lowest BCUT2D eigenvalue weighted by atomic mass is 10.1. The molecule has 0 fully saturated rings. The molecule has 31 heavy (non-hydrogen) atoms. The highest BCUT2D eigenvalue weighted by Crippen LogP contribution is 2.14. The van der Waals surface area contributed by atoms with Crippen LogP contribution in [-0.4, -0.2) is 11.4 Å². The third-order valence-corrected chi connectivity index (χ3v) is 5.98. The molecule has 0 aliphatic rings. The first-order valence-corrected chi connectivity index (χ1v) is 12.8. The molecule has 0 heterocycles. The van der Waals surface area contributed by atoms with Crippen molar-refractivity contribution < 1.29 is 0 Å². The minimum absolute atomic E-state index is 1.04. The summed E-state index contributed by atoms with van der Waals surface area (Å²) in [5.41, 5.74) is 2.83. The molecule has 1 nitrogen and oxygen atoms in total. The maximum Gasteiger partial charge on any atom is 0.0237 e. The molecule has 0 aliphatic carbocycles. The Morgan fingerprint density at radius 3 is 1.52 bits per heavy atom. The summed E-state index contributed by atoms with van der Waals surface area (Å²) in [5.74, 6) is 0. The van der Waals surface area contributed by atoms with Gasteiger partial charge in [0.25, 0.3) is 0 Å². The number of benzene rings is 2. The van der Waals surface area contributed by atoms with Gasteiger partial charge in [-0.1, -0.05) is 125 Å². The van der Waals surface area contributed by atoms with Gasteiger partial charge in [0.05, 0.1) is 0 Å². The summed E-state index contributed by atoms with van der Waals surface area (Å²) in [6, 6.07) is 21.8. The van der Waals surface area contributed by atoms with Crippen LogP contribution >= 0.6 is 0 Å². The zero-order chi connectivity index (χ0) is 21.8. The molecular weight excluding hydrogens is 374 g/mol. The number of hydrogen-bond donors (Lipinski definition) is 0. The van der Waals surface area contributed by atoms with E-state index >= 15 is 0 Å². The van der Waals surface area contributed by atoms with Crippen molar-refractivity contribution in [3.05, 3.63) is 83.9 Å². The molecule has 0 amide bonds. The van der Waals surface area contributed by atoms with Crippen LogP contribution in [0.5, 0.6) is 0 Å². The highest BCUT2D eigenvalue weighted by molar-refractivity contribution is 5.17. The molecule has 0 N–H and O–H groups in total. The first-order valence-electron chi connectivity index (χ1n) is 12.8. The van der Waals surface area contributed by atoms with E-state index in [4.69, 9.17) is 0 Å². The van der Waals surface area contributed by atoms with Crippen molar-refractivity contribution in [3.8, 4) is 0 Å². The van der Waals surface area contributed by atoms with Gasteiger partial charge in [-0.15, -0.1) is 0 Å². The number of allylic oxidation sites excluding steroid dienone is 2. The van der Waals surface area contributed by atoms with Crippen molar-refractivity contribution >= 4 is 0 Å². The van der Waals surface area contributed by atoms with Crippen molar-refractivity contribution in [1.29, 1.82) is 0 Å². The summed E-state index contributed by atoms with van der Waals surface area (Å²) in [5, 5.41) is 0. The van der Waals surface area contributed by atoms with Gasteiger partial charge in [0, 0.05) is 13.1 Å². The number of rotatable bonds is 18. The fraction of sp³-hybridized carbons (Fsp3) is 0.533. The van der Waals surface area contributed by atoms with Crippen LogP contribution < -0.4 is 0 Å². The SMILES string of the molecule is CCCCC/C=C/CCCCCCCCCN(Cc1ccccc1)Cc1ccccc1. The van der Waals surface area contributed by atoms with E-state index in [-0.39, 0.29) is 0 Å². The van der Waals surface area contributed by atoms with Crippen molar-refractivity contribution in [2.24, 2.45) is 0 Å². The van der Waals surface area contributed by atoms with Gasteiger partial charge >= 0.3 is 0 Å². The highest BCUT2D eigenvalue weighted by Gasteiger charge is 2.07. The van der Waals surface area contributed by atoms with Gasteiger partial charge in [0.15, 0.2) is 0 Å². The van der Waals surface area contributed by atoms with E-state index < -0.39 is 0 Å². The van der Waals surface area contributed by atoms with Gasteiger partial charge in [0.1, 0.15) is 0 Å². The van der Waals surface area contributed by atoms with E-state index in [1.807, 2.05) is 0 Å². The van der Waals surface area contributed by atoms with Crippen LogP contribution in [0, 0.1) is 0 Å². The summed E-state index contributed by atoms with van der Waals surface area (Å²) in [6.45, 7) is 5.55. The zero-order valence-electron chi connectivity index (χ0n) is 20.0. The Balaban J connectivity index is 1.55. The van der Waals surface area contributed by atoms with Crippen LogP contribution in [-0.2, 0) is 13.1 Å². The first kappa shape index (κ1) is 25.4.